The summed E-state index contributed by atoms with van der Waals surface area (Å²) in [4.78, 5) is 22.0. The first-order valence-electron chi connectivity index (χ1n) is 13.3. The van der Waals surface area contributed by atoms with Crippen molar-refractivity contribution in [1.82, 2.24) is 0 Å². The first kappa shape index (κ1) is 31.2. The van der Waals surface area contributed by atoms with Gasteiger partial charge in [-0.1, -0.05) is 94.2 Å². The van der Waals surface area contributed by atoms with Gasteiger partial charge in [-0.25, -0.2) is 0 Å². The molecule has 33 heavy (non-hydrogen) atoms. The summed E-state index contributed by atoms with van der Waals surface area (Å²) in [5.41, 5.74) is 0. The fourth-order valence-corrected chi connectivity index (χ4v) is 3.64. The highest BCUT2D eigenvalue weighted by atomic mass is 16.5. The molecule has 0 aromatic carbocycles. The van der Waals surface area contributed by atoms with E-state index in [0.717, 1.165) is 38.5 Å². The van der Waals surface area contributed by atoms with E-state index in [1.165, 1.54) is 84.8 Å². The van der Waals surface area contributed by atoms with Crippen molar-refractivity contribution in [1.29, 1.82) is 0 Å². The van der Waals surface area contributed by atoms with Crippen LogP contribution in [-0.4, -0.2) is 26.2 Å². The van der Waals surface area contributed by atoms with Gasteiger partial charge >= 0.3 is 11.9 Å². The summed E-state index contributed by atoms with van der Waals surface area (Å²) in [6.45, 7) is 0. The van der Waals surface area contributed by atoms with Crippen LogP contribution in [0.25, 0.3) is 0 Å². The van der Waals surface area contributed by atoms with Crippen molar-refractivity contribution >= 4 is 11.9 Å². The zero-order valence-corrected chi connectivity index (χ0v) is 21.5. The lowest BCUT2D eigenvalue weighted by Gasteiger charge is -2.01. The number of rotatable bonds is 23. The van der Waals surface area contributed by atoms with E-state index in [1.54, 1.807) is 0 Å². The highest BCUT2D eigenvalue weighted by Crippen LogP contribution is 2.11. The lowest BCUT2D eigenvalue weighted by atomic mass is 10.1. The van der Waals surface area contributed by atoms with Gasteiger partial charge in [0.05, 0.1) is 14.2 Å². The molecular weight excluding hydrogens is 412 g/mol. The SMILES string of the molecule is COC(=O)CCCCCCCCC=CCC=CCC=CCCCCCCCCCC(=O)OC. The van der Waals surface area contributed by atoms with E-state index in [0.29, 0.717) is 12.8 Å². The molecule has 0 rings (SSSR count). The second-order valence-corrected chi connectivity index (χ2v) is 8.71. The highest BCUT2D eigenvalue weighted by molar-refractivity contribution is 5.69. The van der Waals surface area contributed by atoms with Crippen LogP contribution in [0.2, 0.25) is 0 Å². The number of esters is 2. The number of allylic oxidation sites excluding steroid dienone is 6. The fraction of sp³-hybridized carbons (Fsp3) is 0.724. The molecule has 0 saturated heterocycles. The van der Waals surface area contributed by atoms with Crippen molar-refractivity contribution in [2.24, 2.45) is 0 Å². The Labute approximate surface area is 203 Å². The number of ether oxygens (including phenoxy) is 2. The Morgan fingerprint density at radius 1 is 0.455 bits per heavy atom. The molecule has 0 fully saturated rings. The average molecular weight is 463 g/mol. The third kappa shape index (κ3) is 26.3. The van der Waals surface area contributed by atoms with E-state index in [4.69, 9.17) is 0 Å². The molecule has 0 atom stereocenters. The fourth-order valence-electron chi connectivity index (χ4n) is 3.64. The van der Waals surface area contributed by atoms with Gasteiger partial charge in [-0.15, -0.1) is 0 Å². The van der Waals surface area contributed by atoms with E-state index >= 15 is 0 Å². The molecule has 0 unspecified atom stereocenters. The average Bonchev–Trinajstić information content (AvgIpc) is 2.83. The van der Waals surface area contributed by atoms with Crippen molar-refractivity contribution in [3.8, 4) is 0 Å². The molecule has 0 saturated carbocycles. The van der Waals surface area contributed by atoms with E-state index in [9.17, 15) is 9.59 Å². The summed E-state index contributed by atoms with van der Waals surface area (Å²) in [5, 5.41) is 0. The summed E-state index contributed by atoms with van der Waals surface area (Å²) >= 11 is 0. The predicted octanol–water partition coefficient (Wildman–Crippen LogP) is 8.41. The largest absolute Gasteiger partial charge is 0.469 e. The van der Waals surface area contributed by atoms with Crippen LogP contribution in [0.15, 0.2) is 36.5 Å². The lowest BCUT2D eigenvalue weighted by molar-refractivity contribution is -0.141. The van der Waals surface area contributed by atoms with Gasteiger partial charge in [0, 0.05) is 12.8 Å². The summed E-state index contributed by atoms with van der Waals surface area (Å²) in [5.74, 6) is -0.175. The third-order valence-corrected chi connectivity index (χ3v) is 5.75. The van der Waals surface area contributed by atoms with Gasteiger partial charge < -0.3 is 9.47 Å². The quantitative estimate of drug-likeness (QED) is 0.0868. The van der Waals surface area contributed by atoms with Crippen LogP contribution in [-0.2, 0) is 19.1 Å². The Hall–Kier alpha value is -1.84. The van der Waals surface area contributed by atoms with Gasteiger partial charge in [-0.3, -0.25) is 9.59 Å². The van der Waals surface area contributed by atoms with Gasteiger partial charge in [0.15, 0.2) is 0 Å². The zero-order valence-electron chi connectivity index (χ0n) is 21.5. The second kappa shape index (κ2) is 26.4. The van der Waals surface area contributed by atoms with Crippen molar-refractivity contribution in [3.05, 3.63) is 36.5 Å². The van der Waals surface area contributed by atoms with Crippen LogP contribution >= 0.6 is 0 Å². The van der Waals surface area contributed by atoms with Crippen molar-refractivity contribution in [2.45, 2.75) is 122 Å². The molecule has 0 radical (unpaired) electrons. The standard InChI is InChI=1S/C29H50O4/c1-32-28(30)26-24-22-20-18-16-14-12-10-8-6-4-3-5-7-9-11-13-15-17-19-21-23-25-27-29(31)33-2/h3-4,7-10H,5-6,11-27H2,1-2H3. The molecule has 0 aromatic heterocycles. The highest BCUT2D eigenvalue weighted by Gasteiger charge is 1.99. The third-order valence-electron chi connectivity index (χ3n) is 5.75. The molecule has 0 aliphatic heterocycles. The number of unbranched alkanes of at least 4 members (excludes halogenated alkanes) is 13. The normalized spacial score (nSPS) is 11.7. The van der Waals surface area contributed by atoms with Gasteiger partial charge in [0.2, 0.25) is 0 Å². The molecule has 0 spiro atoms. The maximum absolute atomic E-state index is 11.0. The van der Waals surface area contributed by atoms with Crippen molar-refractivity contribution < 1.29 is 19.1 Å². The predicted molar refractivity (Wildman–Crippen MR) is 139 cm³/mol. The summed E-state index contributed by atoms with van der Waals surface area (Å²) in [6.07, 6.45) is 34.8. The number of hydrogen-bond acceptors (Lipinski definition) is 4. The Bertz CT molecular complexity index is 534. The van der Waals surface area contributed by atoms with Crippen molar-refractivity contribution in [3.63, 3.8) is 0 Å². The second-order valence-electron chi connectivity index (χ2n) is 8.71. The van der Waals surface area contributed by atoms with Crippen LogP contribution in [0.3, 0.4) is 0 Å². The topological polar surface area (TPSA) is 52.6 Å². The molecule has 190 valence electrons. The summed E-state index contributed by atoms with van der Waals surface area (Å²) in [7, 11) is 2.91. The maximum atomic E-state index is 11.0. The van der Waals surface area contributed by atoms with E-state index < -0.39 is 0 Å². The van der Waals surface area contributed by atoms with Gasteiger partial charge in [-0.05, 0) is 51.4 Å². The van der Waals surface area contributed by atoms with E-state index in [1.807, 2.05) is 0 Å². The molecule has 4 nitrogen and oxygen atoms in total. The van der Waals surface area contributed by atoms with E-state index in [2.05, 4.69) is 45.9 Å². The van der Waals surface area contributed by atoms with Crippen LogP contribution in [0.1, 0.15) is 122 Å². The first-order valence-corrected chi connectivity index (χ1v) is 13.3. The minimum Gasteiger partial charge on any atom is -0.469 e. The summed E-state index contributed by atoms with van der Waals surface area (Å²) in [6, 6.07) is 0. The van der Waals surface area contributed by atoms with Crippen LogP contribution in [0.5, 0.6) is 0 Å². The Kier molecular flexibility index (Phi) is 24.9. The smallest absolute Gasteiger partial charge is 0.305 e. The van der Waals surface area contributed by atoms with Crippen LogP contribution in [0.4, 0.5) is 0 Å². The van der Waals surface area contributed by atoms with Gasteiger partial charge in [0.1, 0.15) is 0 Å². The number of carbonyl (C=O) groups is 2. The first-order chi connectivity index (χ1) is 16.2. The Morgan fingerprint density at radius 3 is 1.12 bits per heavy atom. The molecule has 0 N–H and O–H groups in total. The molecular formula is C29H50O4. The van der Waals surface area contributed by atoms with Gasteiger partial charge in [0.25, 0.3) is 0 Å². The van der Waals surface area contributed by atoms with Crippen LogP contribution in [0, 0.1) is 0 Å². The number of carbonyl (C=O) groups excluding carboxylic acids is 2. The minimum absolute atomic E-state index is 0.0860. The summed E-state index contributed by atoms with van der Waals surface area (Å²) < 4.78 is 9.29. The Balaban J connectivity index is 3.29. The maximum Gasteiger partial charge on any atom is 0.305 e. The molecule has 0 bridgehead atoms. The van der Waals surface area contributed by atoms with Crippen LogP contribution < -0.4 is 0 Å². The van der Waals surface area contributed by atoms with E-state index in [-0.39, 0.29) is 11.9 Å². The van der Waals surface area contributed by atoms with Gasteiger partial charge in [-0.2, -0.15) is 0 Å². The molecule has 0 aliphatic rings. The monoisotopic (exact) mass is 462 g/mol. The molecule has 0 amide bonds. The molecule has 4 heteroatoms. The lowest BCUT2D eigenvalue weighted by Crippen LogP contribution is -1.99. The molecule has 0 heterocycles. The molecule has 0 aliphatic carbocycles. The number of methoxy groups -OCH3 is 2. The molecule has 0 aromatic rings. The van der Waals surface area contributed by atoms with Crippen molar-refractivity contribution in [2.75, 3.05) is 14.2 Å². The Morgan fingerprint density at radius 2 is 0.758 bits per heavy atom. The minimum atomic E-state index is -0.0887. The number of hydrogen-bond donors (Lipinski definition) is 0. The zero-order chi connectivity index (χ0) is 24.2.